The summed E-state index contributed by atoms with van der Waals surface area (Å²) in [5.74, 6) is 0.100. The summed E-state index contributed by atoms with van der Waals surface area (Å²) in [6, 6.07) is 20.4. The van der Waals surface area contributed by atoms with E-state index in [0.717, 1.165) is 11.1 Å². The van der Waals surface area contributed by atoms with Gasteiger partial charge in [0.2, 0.25) is 0 Å². The average Bonchev–Trinajstić information content (AvgIpc) is 3.21. The van der Waals surface area contributed by atoms with Crippen LogP contribution in [0.2, 0.25) is 0 Å². The molecule has 0 saturated carbocycles. The van der Waals surface area contributed by atoms with Crippen molar-refractivity contribution in [2.45, 2.75) is 0 Å². The predicted molar refractivity (Wildman–Crippen MR) is 98.7 cm³/mol. The van der Waals surface area contributed by atoms with Crippen LogP contribution in [0.5, 0.6) is 0 Å². The lowest BCUT2D eigenvalue weighted by atomic mass is 10.1. The summed E-state index contributed by atoms with van der Waals surface area (Å²) in [6.07, 6.45) is 2.96. The maximum Gasteiger partial charge on any atom is 0.292 e. The molecule has 6 heteroatoms. The molecule has 126 valence electrons. The Balaban J connectivity index is 1.73. The van der Waals surface area contributed by atoms with E-state index in [1.807, 2.05) is 54.6 Å². The zero-order chi connectivity index (χ0) is 17.8. The summed E-state index contributed by atoms with van der Waals surface area (Å²) >= 11 is 0. The highest BCUT2D eigenvalue weighted by Gasteiger charge is 2.17. The largest absolute Gasteiger partial charge is 0.463 e. The van der Waals surface area contributed by atoms with E-state index in [1.54, 1.807) is 12.1 Å². The summed E-state index contributed by atoms with van der Waals surface area (Å²) in [7, 11) is 0. The molecule has 0 aliphatic heterocycles. The average molecular weight is 342 g/mol. The molecule has 0 aliphatic rings. The van der Waals surface area contributed by atoms with Gasteiger partial charge in [-0.15, -0.1) is 0 Å². The van der Waals surface area contributed by atoms with Crippen molar-refractivity contribution in [3.8, 4) is 11.3 Å². The highest BCUT2D eigenvalue weighted by molar-refractivity contribution is 6.00. The molecule has 0 saturated heterocycles. The lowest BCUT2D eigenvalue weighted by Gasteiger charge is -2.08. The summed E-state index contributed by atoms with van der Waals surface area (Å²) < 4.78 is 5.14. The second-order valence-corrected chi connectivity index (χ2v) is 5.49. The van der Waals surface area contributed by atoms with Gasteiger partial charge in [-0.1, -0.05) is 42.5 Å². The van der Waals surface area contributed by atoms with Crippen molar-refractivity contribution in [3.63, 3.8) is 0 Å². The topological polar surface area (TPSA) is 80.4 Å². The van der Waals surface area contributed by atoms with Crippen LogP contribution in [0.1, 0.15) is 16.2 Å². The molecule has 0 unspecified atom stereocenters. The highest BCUT2D eigenvalue weighted by Crippen LogP contribution is 2.23. The Morgan fingerprint density at radius 2 is 1.65 bits per heavy atom. The standard InChI is InChI=1S/C20H14N4O2/c25-20(24-21-13-15-9-6-12-26-15)19-18(14-7-2-1-3-8-14)22-16-10-4-5-11-17(16)23-19/h1-13H,(H,24,25)/b21-13+. The van der Waals surface area contributed by atoms with E-state index in [1.165, 1.54) is 12.5 Å². The van der Waals surface area contributed by atoms with Crippen LogP contribution in [-0.4, -0.2) is 22.1 Å². The van der Waals surface area contributed by atoms with Crippen molar-refractivity contribution in [2.75, 3.05) is 0 Å². The molecule has 2 heterocycles. The monoisotopic (exact) mass is 342 g/mol. The fraction of sp³-hybridized carbons (Fsp3) is 0. The van der Waals surface area contributed by atoms with E-state index < -0.39 is 5.91 Å². The minimum Gasteiger partial charge on any atom is -0.463 e. The van der Waals surface area contributed by atoms with Gasteiger partial charge < -0.3 is 4.42 Å². The van der Waals surface area contributed by atoms with E-state index >= 15 is 0 Å². The first kappa shape index (κ1) is 15.7. The predicted octanol–water partition coefficient (Wildman–Crippen LogP) is 3.65. The van der Waals surface area contributed by atoms with Crippen LogP contribution in [0.15, 0.2) is 82.5 Å². The molecule has 2 aromatic carbocycles. The number of rotatable bonds is 4. The molecule has 0 fully saturated rings. The zero-order valence-corrected chi connectivity index (χ0v) is 13.7. The molecular formula is C20H14N4O2. The molecule has 0 atom stereocenters. The number of nitrogens with zero attached hydrogens (tertiary/aromatic N) is 3. The van der Waals surface area contributed by atoms with Gasteiger partial charge in [0.25, 0.3) is 5.91 Å². The Labute approximate surface area is 149 Å². The third-order valence-electron chi connectivity index (χ3n) is 3.73. The number of hydrogen-bond donors (Lipinski definition) is 1. The van der Waals surface area contributed by atoms with Crippen molar-refractivity contribution in [3.05, 3.63) is 84.4 Å². The second kappa shape index (κ2) is 6.98. The van der Waals surface area contributed by atoms with Gasteiger partial charge in [0.15, 0.2) is 5.69 Å². The Bertz CT molecular complexity index is 1070. The number of aromatic nitrogens is 2. The molecule has 0 radical (unpaired) electrons. The third kappa shape index (κ3) is 3.21. The lowest BCUT2D eigenvalue weighted by molar-refractivity contribution is 0.0951. The summed E-state index contributed by atoms with van der Waals surface area (Å²) in [4.78, 5) is 21.8. The fourth-order valence-electron chi connectivity index (χ4n) is 2.53. The normalized spacial score (nSPS) is 11.1. The van der Waals surface area contributed by atoms with E-state index in [-0.39, 0.29) is 5.69 Å². The smallest absolute Gasteiger partial charge is 0.292 e. The van der Waals surface area contributed by atoms with E-state index in [4.69, 9.17) is 4.42 Å². The Morgan fingerprint density at radius 3 is 2.38 bits per heavy atom. The number of hydrazone groups is 1. The summed E-state index contributed by atoms with van der Waals surface area (Å²) in [6.45, 7) is 0. The Morgan fingerprint density at radius 1 is 0.923 bits per heavy atom. The SMILES string of the molecule is O=C(N/N=C/c1ccco1)c1nc2ccccc2nc1-c1ccccc1. The molecule has 4 aromatic rings. The van der Waals surface area contributed by atoms with Crippen LogP contribution < -0.4 is 5.43 Å². The van der Waals surface area contributed by atoms with Crippen LogP contribution in [0.4, 0.5) is 0 Å². The number of hydrogen-bond acceptors (Lipinski definition) is 5. The van der Waals surface area contributed by atoms with Gasteiger partial charge in [0.05, 0.1) is 23.5 Å². The number of nitrogens with one attached hydrogen (secondary N) is 1. The molecular weight excluding hydrogens is 328 g/mol. The molecule has 26 heavy (non-hydrogen) atoms. The van der Waals surface area contributed by atoms with Gasteiger partial charge in [-0.3, -0.25) is 4.79 Å². The molecule has 6 nitrogen and oxygen atoms in total. The van der Waals surface area contributed by atoms with E-state index in [0.29, 0.717) is 17.0 Å². The van der Waals surface area contributed by atoms with Gasteiger partial charge >= 0.3 is 0 Å². The van der Waals surface area contributed by atoms with Crippen LogP contribution in [-0.2, 0) is 0 Å². The number of carbonyl (C=O) groups excluding carboxylic acids is 1. The van der Waals surface area contributed by atoms with Crippen LogP contribution in [0, 0.1) is 0 Å². The number of amides is 1. The summed E-state index contributed by atoms with van der Waals surface area (Å²) in [5.41, 5.74) is 5.38. The molecule has 0 spiro atoms. The number of furan rings is 1. The molecule has 1 amide bonds. The van der Waals surface area contributed by atoms with E-state index in [2.05, 4.69) is 20.5 Å². The van der Waals surface area contributed by atoms with Gasteiger partial charge in [0, 0.05) is 5.56 Å². The van der Waals surface area contributed by atoms with Gasteiger partial charge in [0.1, 0.15) is 11.5 Å². The van der Waals surface area contributed by atoms with Crippen LogP contribution >= 0.6 is 0 Å². The van der Waals surface area contributed by atoms with Crippen molar-refractivity contribution in [1.29, 1.82) is 0 Å². The van der Waals surface area contributed by atoms with Crippen LogP contribution in [0.3, 0.4) is 0 Å². The third-order valence-corrected chi connectivity index (χ3v) is 3.73. The maximum atomic E-state index is 12.7. The van der Waals surface area contributed by atoms with Crippen molar-refractivity contribution < 1.29 is 9.21 Å². The van der Waals surface area contributed by atoms with Gasteiger partial charge in [-0.2, -0.15) is 5.10 Å². The number of carbonyl (C=O) groups is 1. The first-order valence-corrected chi connectivity index (χ1v) is 8.00. The van der Waals surface area contributed by atoms with Gasteiger partial charge in [-0.05, 0) is 24.3 Å². The second-order valence-electron chi connectivity index (χ2n) is 5.49. The van der Waals surface area contributed by atoms with Crippen molar-refractivity contribution in [2.24, 2.45) is 5.10 Å². The van der Waals surface area contributed by atoms with Crippen LogP contribution in [0.25, 0.3) is 22.3 Å². The molecule has 4 rings (SSSR count). The molecule has 2 aromatic heterocycles. The Hall–Kier alpha value is -3.80. The van der Waals surface area contributed by atoms with E-state index in [9.17, 15) is 4.79 Å². The van der Waals surface area contributed by atoms with Crippen molar-refractivity contribution in [1.82, 2.24) is 15.4 Å². The maximum absolute atomic E-state index is 12.7. The molecule has 0 aliphatic carbocycles. The quantitative estimate of drug-likeness (QED) is 0.453. The lowest BCUT2D eigenvalue weighted by Crippen LogP contribution is -2.20. The zero-order valence-electron chi connectivity index (χ0n) is 13.7. The minimum absolute atomic E-state index is 0.214. The number of para-hydroxylation sites is 2. The number of fused-ring (bicyclic) bond motifs is 1. The first-order valence-electron chi connectivity index (χ1n) is 8.00. The van der Waals surface area contributed by atoms with Crippen molar-refractivity contribution >= 4 is 23.2 Å². The molecule has 1 N–H and O–H groups in total. The van der Waals surface area contributed by atoms with Gasteiger partial charge in [-0.25, -0.2) is 15.4 Å². The Kier molecular flexibility index (Phi) is 4.22. The fourth-order valence-corrected chi connectivity index (χ4v) is 2.53. The molecule has 0 bridgehead atoms. The summed E-state index contributed by atoms with van der Waals surface area (Å²) in [5, 5.41) is 3.92. The number of benzene rings is 2. The highest BCUT2D eigenvalue weighted by atomic mass is 16.3. The first-order chi connectivity index (χ1) is 12.8. The minimum atomic E-state index is -0.440.